The highest BCUT2D eigenvalue weighted by Crippen LogP contribution is 2.32. The second kappa shape index (κ2) is 8.96. The molecule has 0 saturated heterocycles. The summed E-state index contributed by atoms with van der Waals surface area (Å²) in [5, 5.41) is 21.3. The number of benzene rings is 1. The second-order valence-electron chi connectivity index (χ2n) is 8.58. The van der Waals surface area contributed by atoms with E-state index in [1.54, 1.807) is 31.9 Å². The van der Waals surface area contributed by atoms with E-state index in [9.17, 15) is 9.90 Å². The van der Waals surface area contributed by atoms with Crippen LogP contribution in [0.1, 0.15) is 47.8 Å². The summed E-state index contributed by atoms with van der Waals surface area (Å²) in [6, 6.07) is 3.83. The van der Waals surface area contributed by atoms with Gasteiger partial charge in [0.15, 0.2) is 0 Å². The number of fused-ring (bicyclic) bond motifs is 1. The number of anilines is 2. The number of nitrogens with two attached hydrogens (primary N) is 1. The highest BCUT2D eigenvalue weighted by molar-refractivity contribution is 6.22. The van der Waals surface area contributed by atoms with Crippen molar-refractivity contribution in [2.24, 2.45) is 0 Å². The zero-order valence-electron chi connectivity index (χ0n) is 19.1. The predicted octanol–water partition coefficient (Wildman–Crippen LogP) is 2.46. The standard InChI is InChI=1S/C23H30N6O3/c1-13-8-16(29-6-7-32-21-19(22(29)30)20(25)27-12-28-21)9-14(2)18(13)17(15(3)24)10-26-11-23(4,5)31/h8-10,12,24,26,31H,6-7,11H2,1-5H3,(H2,25,27,28)/b17-10+,24-15?. The van der Waals surface area contributed by atoms with Crippen molar-refractivity contribution >= 4 is 28.7 Å². The van der Waals surface area contributed by atoms with Crippen molar-refractivity contribution in [1.82, 2.24) is 15.3 Å². The molecule has 1 aliphatic heterocycles. The van der Waals surface area contributed by atoms with Gasteiger partial charge in [0.1, 0.15) is 24.3 Å². The number of aromatic nitrogens is 2. The van der Waals surface area contributed by atoms with Gasteiger partial charge in [-0.1, -0.05) is 0 Å². The fourth-order valence-electron chi connectivity index (χ4n) is 3.70. The summed E-state index contributed by atoms with van der Waals surface area (Å²) in [5.41, 5.74) is 9.80. The molecule has 1 aromatic heterocycles. The molecule has 0 fully saturated rings. The highest BCUT2D eigenvalue weighted by atomic mass is 16.5. The van der Waals surface area contributed by atoms with Crippen molar-refractivity contribution in [3.8, 4) is 5.88 Å². The van der Waals surface area contributed by atoms with Gasteiger partial charge in [0.2, 0.25) is 5.88 Å². The first kappa shape index (κ1) is 23.2. The van der Waals surface area contributed by atoms with Crippen LogP contribution in [0.5, 0.6) is 5.88 Å². The van der Waals surface area contributed by atoms with Gasteiger partial charge in [0, 0.05) is 29.7 Å². The van der Waals surface area contributed by atoms with Crippen LogP contribution in [0.15, 0.2) is 24.7 Å². The highest BCUT2D eigenvalue weighted by Gasteiger charge is 2.29. The molecule has 0 aliphatic carbocycles. The van der Waals surface area contributed by atoms with E-state index in [0.717, 1.165) is 22.3 Å². The van der Waals surface area contributed by atoms with Crippen molar-refractivity contribution < 1.29 is 14.6 Å². The van der Waals surface area contributed by atoms with Crippen LogP contribution in [0.3, 0.4) is 0 Å². The number of allylic oxidation sites excluding steroid dienone is 1. The first-order valence-electron chi connectivity index (χ1n) is 10.4. The fourth-order valence-corrected chi connectivity index (χ4v) is 3.70. The number of hydrogen-bond acceptors (Lipinski definition) is 8. The molecule has 170 valence electrons. The third-order valence-electron chi connectivity index (χ3n) is 5.14. The smallest absolute Gasteiger partial charge is 0.267 e. The number of carbonyl (C=O) groups is 1. The van der Waals surface area contributed by atoms with E-state index in [4.69, 9.17) is 15.9 Å². The van der Waals surface area contributed by atoms with Crippen LogP contribution >= 0.6 is 0 Å². The Balaban J connectivity index is 1.99. The Morgan fingerprint density at radius 1 is 1.34 bits per heavy atom. The molecule has 0 spiro atoms. The number of hydrogen-bond donors (Lipinski definition) is 4. The Labute approximate surface area is 187 Å². The molecule has 9 heteroatoms. The minimum atomic E-state index is -0.872. The molecule has 9 nitrogen and oxygen atoms in total. The number of carbonyl (C=O) groups excluding carboxylic acids is 1. The third-order valence-corrected chi connectivity index (χ3v) is 5.14. The molecule has 1 aromatic carbocycles. The molecular formula is C23H30N6O3. The van der Waals surface area contributed by atoms with E-state index < -0.39 is 5.60 Å². The van der Waals surface area contributed by atoms with Crippen molar-refractivity contribution in [2.45, 2.75) is 40.2 Å². The number of ether oxygens (including phenoxy) is 1. The van der Waals surface area contributed by atoms with Crippen LogP contribution in [0.25, 0.3) is 5.57 Å². The minimum absolute atomic E-state index is 0.0829. The average Bonchev–Trinajstić information content (AvgIpc) is 2.84. The Morgan fingerprint density at radius 2 is 2.00 bits per heavy atom. The van der Waals surface area contributed by atoms with Gasteiger partial charge in [0.25, 0.3) is 5.91 Å². The van der Waals surface area contributed by atoms with Crippen LogP contribution in [0.4, 0.5) is 11.5 Å². The zero-order valence-corrected chi connectivity index (χ0v) is 19.1. The van der Waals surface area contributed by atoms with E-state index in [0.29, 0.717) is 24.5 Å². The van der Waals surface area contributed by atoms with E-state index in [1.165, 1.54) is 6.33 Å². The third kappa shape index (κ3) is 4.88. The normalized spacial score (nSPS) is 14.5. The summed E-state index contributed by atoms with van der Waals surface area (Å²) in [6.45, 7) is 10.0. The quantitative estimate of drug-likeness (QED) is 0.508. The van der Waals surface area contributed by atoms with E-state index in [2.05, 4.69) is 15.3 Å². The van der Waals surface area contributed by atoms with Gasteiger partial charge in [-0.25, -0.2) is 9.97 Å². The lowest BCUT2D eigenvalue weighted by molar-refractivity contribution is 0.0835. The SMILES string of the molecule is CC(=N)/C(=C\NCC(C)(C)O)c1c(C)cc(N2CCOc3ncnc(N)c3C2=O)cc1C. The van der Waals surface area contributed by atoms with Gasteiger partial charge >= 0.3 is 0 Å². The summed E-state index contributed by atoms with van der Waals surface area (Å²) in [6.07, 6.45) is 3.04. The Morgan fingerprint density at radius 3 is 2.59 bits per heavy atom. The number of aryl methyl sites for hydroxylation is 2. The number of nitrogen functional groups attached to an aromatic ring is 1. The molecule has 3 rings (SSSR count). The number of aliphatic hydroxyl groups is 1. The van der Waals surface area contributed by atoms with Crippen LogP contribution in [0.2, 0.25) is 0 Å². The number of nitrogens with zero attached hydrogens (tertiary/aromatic N) is 3. The second-order valence-corrected chi connectivity index (χ2v) is 8.58. The molecule has 0 radical (unpaired) electrons. The van der Waals surface area contributed by atoms with Crippen LogP contribution < -0.4 is 20.7 Å². The van der Waals surface area contributed by atoms with Crippen LogP contribution in [-0.4, -0.2) is 52.0 Å². The first-order chi connectivity index (χ1) is 15.0. The largest absolute Gasteiger partial charge is 0.475 e. The Hall–Kier alpha value is -3.46. The number of amides is 1. The fraction of sp³-hybridized carbons (Fsp3) is 0.391. The molecule has 0 unspecified atom stereocenters. The summed E-state index contributed by atoms with van der Waals surface area (Å²) in [5.74, 6) is -0.0370. The van der Waals surface area contributed by atoms with Gasteiger partial charge in [-0.2, -0.15) is 0 Å². The summed E-state index contributed by atoms with van der Waals surface area (Å²) in [7, 11) is 0. The summed E-state index contributed by atoms with van der Waals surface area (Å²) >= 11 is 0. The molecule has 32 heavy (non-hydrogen) atoms. The molecule has 5 N–H and O–H groups in total. The van der Waals surface area contributed by atoms with E-state index in [1.807, 2.05) is 26.0 Å². The van der Waals surface area contributed by atoms with Crippen LogP contribution in [-0.2, 0) is 0 Å². The summed E-state index contributed by atoms with van der Waals surface area (Å²) in [4.78, 5) is 22.8. The maximum absolute atomic E-state index is 13.2. The average molecular weight is 439 g/mol. The Kier molecular flexibility index (Phi) is 6.50. The van der Waals surface area contributed by atoms with Gasteiger partial charge in [-0.05, 0) is 63.4 Å². The molecule has 0 bridgehead atoms. The van der Waals surface area contributed by atoms with Crippen molar-refractivity contribution in [1.29, 1.82) is 5.41 Å². The predicted molar refractivity (Wildman–Crippen MR) is 125 cm³/mol. The maximum atomic E-state index is 13.2. The molecular weight excluding hydrogens is 408 g/mol. The topological polar surface area (TPSA) is 137 Å². The monoisotopic (exact) mass is 438 g/mol. The van der Waals surface area contributed by atoms with Crippen molar-refractivity contribution in [2.75, 3.05) is 30.3 Å². The minimum Gasteiger partial charge on any atom is -0.475 e. The molecule has 1 aliphatic rings. The Bertz CT molecular complexity index is 1060. The number of rotatable bonds is 6. The summed E-state index contributed by atoms with van der Waals surface area (Å²) < 4.78 is 5.62. The number of nitrogens with one attached hydrogen (secondary N) is 2. The molecule has 0 atom stereocenters. The van der Waals surface area contributed by atoms with Gasteiger partial charge in [0.05, 0.1) is 12.1 Å². The van der Waals surface area contributed by atoms with E-state index in [-0.39, 0.29) is 29.8 Å². The lowest BCUT2D eigenvalue weighted by atomic mass is 9.92. The molecule has 1 amide bonds. The lowest BCUT2D eigenvalue weighted by Gasteiger charge is -2.24. The van der Waals surface area contributed by atoms with Gasteiger partial charge in [-0.15, -0.1) is 0 Å². The van der Waals surface area contributed by atoms with Crippen molar-refractivity contribution in [3.05, 3.63) is 46.9 Å². The van der Waals surface area contributed by atoms with Crippen LogP contribution in [0, 0.1) is 19.3 Å². The lowest BCUT2D eigenvalue weighted by Crippen LogP contribution is -2.33. The first-order valence-corrected chi connectivity index (χ1v) is 10.4. The molecule has 0 saturated carbocycles. The zero-order chi connectivity index (χ0) is 23.6. The van der Waals surface area contributed by atoms with Gasteiger partial charge < -0.3 is 31.2 Å². The van der Waals surface area contributed by atoms with Crippen molar-refractivity contribution in [3.63, 3.8) is 0 Å². The molecule has 2 aromatic rings. The van der Waals surface area contributed by atoms with E-state index >= 15 is 0 Å². The van der Waals surface area contributed by atoms with Gasteiger partial charge in [-0.3, -0.25) is 4.79 Å². The maximum Gasteiger partial charge on any atom is 0.267 e. The molecule has 2 heterocycles.